The Hall–Kier alpha value is -3.00. The summed E-state index contributed by atoms with van der Waals surface area (Å²) in [5.41, 5.74) is -0.554. The molecule has 2 atom stereocenters. The first-order chi connectivity index (χ1) is 14.2. The van der Waals surface area contributed by atoms with Crippen LogP contribution in [0.15, 0.2) is 0 Å². The number of nitriles is 2. The summed E-state index contributed by atoms with van der Waals surface area (Å²) in [5.74, 6) is -0.424. The van der Waals surface area contributed by atoms with Gasteiger partial charge in [-0.05, 0) is 31.1 Å². The van der Waals surface area contributed by atoms with E-state index < -0.39 is 16.2 Å². The van der Waals surface area contributed by atoms with E-state index in [1.807, 2.05) is 17.0 Å². The van der Waals surface area contributed by atoms with Crippen molar-refractivity contribution in [3.05, 3.63) is 22.8 Å². The normalized spacial score (nSPS) is 29.1. The van der Waals surface area contributed by atoms with Crippen LogP contribution in [-0.2, 0) is 25.2 Å². The number of amides is 1. The third-order valence-corrected chi connectivity index (χ3v) is 8.16. The van der Waals surface area contributed by atoms with E-state index in [-0.39, 0.29) is 29.2 Å². The molecule has 30 heavy (non-hydrogen) atoms. The maximum atomic E-state index is 14.0. The van der Waals surface area contributed by atoms with E-state index in [4.69, 9.17) is 4.74 Å². The van der Waals surface area contributed by atoms with Gasteiger partial charge in [0.15, 0.2) is 11.4 Å². The van der Waals surface area contributed by atoms with Crippen molar-refractivity contribution >= 4 is 11.9 Å². The summed E-state index contributed by atoms with van der Waals surface area (Å²) in [7, 11) is 1.39. The monoisotopic (exact) mass is 407 g/mol. The molecule has 4 rings (SSSR count). The maximum Gasteiger partial charge on any atom is 0.308 e. The third kappa shape index (κ3) is 2.25. The Morgan fingerprint density at radius 3 is 2.13 bits per heavy atom. The molecule has 2 fully saturated rings. The lowest BCUT2D eigenvalue weighted by molar-refractivity contribution is -0.151. The Balaban J connectivity index is 1.77. The van der Waals surface area contributed by atoms with Gasteiger partial charge in [0, 0.05) is 18.5 Å². The van der Waals surface area contributed by atoms with Crippen LogP contribution in [0.1, 0.15) is 69.2 Å². The van der Waals surface area contributed by atoms with Gasteiger partial charge in [-0.15, -0.1) is 0 Å². The number of aromatic nitrogens is 2. The lowest BCUT2D eigenvalue weighted by atomic mass is 9.63. The number of likely N-dealkylation sites (tertiary alicyclic amines) is 1. The fourth-order valence-corrected chi connectivity index (χ4v) is 5.87. The molecule has 1 aliphatic heterocycles. The number of esters is 1. The fourth-order valence-electron chi connectivity index (χ4n) is 5.87. The number of carbonyl (C=O) groups is 2. The van der Waals surface area contributed by atoms with Gasteiger partial charge in [-0.25, -0.2) is 9.97 Å². The lowest BCUT2D eigenvalue weighted by Gasteiger charge is -2.43. The van der Waals surface area contributed by atoms with Gasteiger partial charge in [-0.1, -0.05) is 20.8 Å². The Morgan fingerprint density at radius 1 is 1.03 bits per heavy atom. The van der Waals surface area contributed by atoms with Crippen LogP contribution >= 0.6 is 0 Å². The average Bonchev–Trinajstić information content (AvgIpc) is 3.06. The summed E-state index contributed by atoms with van der Waals surface area (Å²) in [6.45, 7) is 7.19. The van der Waals surface area contributed by atoms with Crippen LogP contribution in [0.2, 0.25) is 0 Å². The molecule has 156 valence electrons. The molecule has 2 heterocycles. The molecule has 0 spiro atoms. The first-order valence-electron chi connectivity index (χ1n) is 10.3. The minimum atomic E-state index is -0.887. The minimum absolute atomic E-state index is 0.0128. The number of nitrogens with zero attached hydrogens (tertiary/aromatic N) is 5. The zero-order valence-corrected chi connectivity index (χ0v) is 17.8. The number of hydrogen-bond donors (Lipinski definition) is 0. The van der Waals surface area contributed by atoms with Crippen molar-refractivity contribution in [1.82, 2.24) is 14.9 Å². The van der Waals surface area contributed by atoms with Gasteiger partial charge < -0.3 is 9.64 Å². The molecule has 0 radical (unpaired) electrons. The Morgan fingerprint density at radius 2 is 1.60 bits per heavy atom. The predicted molar refractivity (Wildman–Crippen MR) is 105 cm³/mol. The summed E-state index contributed by atoms with van der Waals surface area (Å²) in [5, 5.41) is 18.9. The van der Waals surface area contributed by atoms with Crippen molar-refractivity contribution in [1.29, 1.82) is 10.5 Å². The lowest BCUT2D eigenvalue weighted by Crippen LogP contribution is -2.54. The zero-order valence-electron chi connectivity index (χ0n) is 17.8. The summed E-state index contributed by atoms with van der Waals surface area (Å²) in [6.07, 6.45) is 2.54. The molecule has 3 aliphatic rings. The summed E-state index contributed by atoms with van der Waals surface area (Å²) >= 11 is 0. The first-order valence-corrected chi connectivity index (χ1v) is 10.3. The van der Waals surface area contributed by atoms with E-state index >= 15 is 0 Å². The number of hydrogen-bond acceptors (Lipinski definition) is 7. The largest absolute Gasteiger partial charge is 0.469 e. The summed E-state index contributed by atoms with van der Waals surface area (Å²) < 4.78 is 4.86. The highest BCUT2D eigenvalue weighted by atomic mass is 16.5. The van der Waals surface area contributed by atoms with Crippen LogP contribution in [0.4, 0.5) is 0 Å². The molecule has 1 amide bonds. The molecule has 2 aliphatic carbocycles. The Bertz CT molecular complexity index is 1030. The smallest absolute Gasteiger partial charge is 0.308 e. The number of piperidine rings is 1. The van der Waals surface area contributed by atoms with Crippen LogP contribution in [0.25, 0.3) is 0 Å². The quantitative estimate of drug-likeness (QED) is 0.687. The molecule has 1 aromatic rings. The average molecular weight is 407 g/mol. The third-order valence-electron chi connectivity index (χ3n) is 8.16. The number of methoxy groups -OCH3 is 1. The van der Waals surface area contributed by atoms with E-state index in [0.717, 1.165) is 6.42 Å². The van der Waals surface area contributed by atoms with Crippen LogP contribution in [0.5, 0.6) is 0 Å². The van der Waals surface area contributed by atoms with Crippen molar-refractivity contribution in [3.63, 3.8) is 0 Å². The summed E-state index contributed by atoms with van der Waals surface area (Å²) in [6, 6.07) is 3.93. The van der Waals surface area contributed by atoms with Crippen LogP contribution in [-0.4, -0.2) is 46.9 Å². The van der Waals surface area contributed by atoms with E-state index in [1.54, 1.807) is 0 Å². The standard InChI is InChI=1S/C22H25N5O3/c1-20(2)21(3)7-8-22(20,17-16(21)25-14(11-23)15(12-24)26-17)19(29)27-9-5-13(6-10-27)18(28)30-4/h13H,5-10H2,1-4H3. The van der Waals surface area contributed by atoms with Crippen molar-refractivity contribution in [3.8, 4) is 12.1 Å². The second kappa shape index (κ2) is 6.50. The molecule has 0 aromatic carbocycles. The van der Waals surface area contributed by atoms with Gasteiger partial charge in [0.25, 0.3) is 0 Å². The topological polar surface area (TPSA) is 120 Å². The first kappa shape index (κ1) is 20.3. The fraction of sp³-hybridized carbons (Fsp3) is 0.636. The van der Waals surface area contributed by atoms with Crippen LogP contribution < -0.4 is 0 Å². The van der Waals surface area contributed by atoms with Crippen LogP contribution in [0, 0.1) is 34.0 Å². The summed E-state index contributed by atoms with van der Waals surface area (Å²) in [4.78, 5) is 36.8. The minimum Gasteiger partial charge on any atom is -0.469 e. The van der Waals surface area contributed by atoms with Gasteiger partial charge in [0.2, 0.25) is 5.91 Å². The van der Waals surface area contributed by atoms with Crippen molar-refractivity contribution in [2.75, 3.05) is 20.2 Å². The van der Waals surface area contributed by atoms with Crippen molar-refractivity contribution in [2.45, 2.75) is 57.3 Å². The zero-order chi connectivity index (χ0) is 21.9. The maximum absolute atomic E-state index is 14.0. The SMILES string of the molecule is COC(=O)C1CCN(C(=O)C23CCC(C)(c4nc(C#N)c(C#N)nc42)C3(C)C)CC1. The Kier molecular flexibility index (Phi) is 4.39. The highest BCUT2D eigenvalue weighted by Gasteiger charge is 2.73. The predicted octanol–water partition coefficient (Wildman–Crippen LogP) is 1.96. The number of ether oxygens (including phenoxy) is 1. The van der Waals surface area contributed by atoms with Crippen molar-refractivity contribution in [2.24, 2.45) is 11.3 Å². The highest BCUT2D eigenvalue weighted by Crippen LogP contribution is 2.70. The number of carbonyl (C=O) groups excluding carboxylic acids is 2. The molecular weight excluding hydrogens is 382 g/mol. The van der Waals surface area contributed by atoms with Gasteiger partial charge in [-0.3, -0.25) is 9.59 Å². The number of rotatable bonds is 2. The van der Waals surface area contributed by atoms with Gasteiger partial charge in [-0.2, -0.15) is 10.5 Å². The van der Waals surface area contributed by atoms with E-state index in [0.29, 0.717) is 43.7 Å². The molecule has 1 aromatic heterocycles. The molecule has 8 nitrogen and oxygen atoms in total. The van der Waals surface area contributed by atoms with E-state index in [1.165, 1.54) is 7.11 Å². The molecule has 8 heteroatoms. The van der Waals surface area contributed by atoms with Gasteiger partial charge in [0.1, 0.15) is 12.1 Å². The highest BCUT2D eigenvalue weighted by molar-refractivity contribution is 5.92. The van der Waals surface area contributed by atoms with Crippen LogP contribution in [0.3, 0.4) is 0 Å². The second-order valence-electron chi connectivity index (χ2n) is 9.29. The van der Waals surface area contributed by atoms with Gasteiger partial charge in [0.05, 0.1) is 29.8 Å². The molecule has 1 saturated heterocycles. The molecule has 2 unspecified atom stereocenters. The van der Waals surface area contributed by atoms with Crippen molar-refractivity contribution < 1.29 is 14.3 Å². The number of fused-ring (bicyclic) bond motifs is 5. The van der Waals surface area contributed by atoms with E-state index in [9.17, 15) is 20.1 Å². The molecular formula is C22H25N5O3. The molecule has 1 saturated carbocycles. The second-order valence-corrected chi connectivity index (χ2v) is 9.29. The molecule has 2 bridgehead atoms. The van der Waals surface area contributed by atoms with E-state index in [2.05, 4.69) is 30.7 Å². The van der Waals surface area contributed by atoms with Gasteiger partial charge >= 0.3 is 5.97 Å². The molecule has 0 N–H and O–H groups in total. The Labute approximate surface area is 175 Å².